The third kappa shape index (κ3) is 5.69. The van der Waals surface area contributed by atoms with E-state index >= 15 is 0 Å². The van der Waals surface area contributed by atoms with E-state index in [0.717, 1.165) is 12.8 Å². The van der Waals surface area contributed by atoms with Gasteiger partial charge in [-0.2, -0.15) is 5.10 Å². The van der Waals surface area contributed by atoms with Crippen LogP contribution in [0.4, 0.5) is 0 Å². The van der Waals surface area contributed by atoms with Crippen LogP contribution in [-0.2, 0) is 17.1 Å². The molecule has 0 aliphatic rings. The van der Waals surface area contributed by atoms with Gasteiger partial charge >= 0.3 is 0 Å². The lowest BCUT2D eigenvalue weighted by Crippen LogP contribution is -2.26. The molecule has 1 rings (SSSR count). The van der Waals surface area contributed by atoms with Gasteiger partial charge in [-0.05, 0) is 6.42 Å². The Morgan fingerprint density at radius 1 is 1.59 bits per heavy atom. The van der Waals surface area contributed by atoms with Crippen LogP contribution in [0.15, 0.2) is 12.4 Å². The molecule has 0 saturated heterocycles. The molecule has 0 radical (unpaired) electrons. The Hall–Kier alpha value is -1.08. The third-order valence-corrected chi connectivity index (χ3v) is 3.27. The Bertz CT molecular complexity index is 441. The molecule has 0 aliphatic carbocycles. The molecule has 7 heteroatoms. The van der Waals surface area contributed by atoms with E-state index in [-0.39, 0.29) is 11.7 Å². The van der Waals surface area contributed by atoms with Crippen LogP contribution in [0.3, 0.4) is 0 Å². The van der Waals surface area contributed by atoms with Crippen molar-refractivity contribution in [1.29, 1.82) is 0 Å². The van der Waals surface area contributed by atoms with Gasteiger partial charge in [-0.1, -0.05) is 13.3 Å². The van der Waals surface area contributed by atoms with E-state index in [1.54, 1.807) is 24.1 Å². The van der Waals surface area contributed by atoms with Crippen molar-refractivity contribution in [2.45, 2.75) is 19.8 Å². The molecule has 2 N–H and O–H groups in total. The van der Waals surface area contributed by atoms with Gasteiger partial charge in [0.2, 0.25) is 10.0 Å². The highest BCUT2D eigenvalue weighted by atomic mass is 32.2. The molecule has 0 saturated carbocycles. The lowest BCUT2D eigenvalue weighted by atomic mass is 10.1. The zero-order valence-corrected chi connectivity index (χ0v) is 11.0. The fourth-order valence-corrected chi connectivity index (χ4v) is 2.56. The molecule has 17 heavy (non-hydrogen) atoms. The SMILES string of the molecule is CCCC(COc1cnn(C)c1)CS(N)(=O)=O. The Kier molecular flexibility index (Phi) is 4.95. The highest BCUT2D eigenvalue weighted by molar-refractivity contribution is 7.89. The summed E-state index contributed by atoms with van der Waals surface area (Å²) >= 11 is 0. The highest BCUT2D eigenvalue weighted by Gasteiger charge is 2.16. The summed E-state index contributed by atoms with van der Waals surface area (Å²) in [5.74, 6) is 0.527. The van der Waals surface area contributed by atoms with Gasteiger partial charge in [-0.3, -0.25) is 4.68 Å². The van der Waals surface area contributed by atoms with Gasteiger partial charge in [-0.25, -0.2) is 13.6 Å². The maximum Gasteiger partial charge on any atom is 0.209 e. The van der Waals surface area contributed by atoms with E-state index in [0.29, 0.717) is 12.4 Å². The van der Waals surface area contributed by atoms with Crippen LogP contribution in [0.25, 0.3) is 0 Å². The van der Waals surface area contributed by atoms with Crippen LogP contribution in [0.1, 0.15) is 19.8 Å². The minimum Gasteiger partial charge on any atom is -0.490 e. The Morgan fingerprint density at radius 2 is 2.29 bits per heavy atom. The van der Waals surface area contributed by atoms with Crippen molar-refractivity contribution < 1.29 is 13.2 Å². The standard InChI is InChI=1S/C10H19N3O3S/c1-3-4-9(8-17(11,14)15)7-16-10-5-12-13(2)6-10/h5-6,9H,3-4,7-8H2,1-2H3,(H2,11,14,15). The molecule has 0 aliphatic heterocycles. The normalized spacial score (nSPS) is 13.6. The van der Waals surface area contributed by atoms with E-state index in [1.807, 2.05) is 6.92 Å². The van der Waals surface area contributed by atoms with Crippen molar-refractivity contribution >= 4 is 10.0 Å². The van der Waals surface area contributed by atoms with E-state index < -0.39 is 10.0 Å². The van der Waals surface area contributed by atoms with Crippen LogP contribution >= 0.6 is 0 Å². The quantitative estimate of drug-likeness (QED) is 0.774. The molecule has 0 fully saturated rings. The molecule has 6 nitrogen and oxygen atoms in total. The van der Waals surface area contributed by atoms with Crippen LogP contribution in [-0.4, -0.2) is 30.6 Å². The van der Waals surface area contributed by atoms with Gasteiger partial charge in [0.1, 0.15) is 0 Å². The fraction of sp³-hybridized carbons (Fsp3) is 0.700. The Morgan fingerprint density at radius 3 is 2.76 bits per heavy atom. The van der Waals surface area contributed by atoms with E-state index in [9.17, 15) is 8.42 Å². The summed E-state index contributed by atoms with van der Waals surface area (Å²) in [6.45, 7) is 2.34. The molecule has 0 bridgehead atoms. The largest absolute Gasteiger partial charge is 0.490 e. The number of ether oxygens (including phenoxy) is 1. The first-order valence-electron chi connectivity index (χ1n) is 5.52. The van der Waals surface area contributed by atoms with Gasteiger partial charge in [-0.15, -0.1) is 0 Å². The average molecular weight is 261 g/mol. The number of hydrogen-bond acceptors (Lipinski definition) is 4. The zero-order chi connectivity index (χ0) is 12.9. The van der Waals surface area contributed by atoms with E-state index in [1.165, 1.54) is 0 Å². The lowest BCUT2D eigenvalue weighted by Gasteiger charge is -2.14. The predicted molar refractivity (Wildman–Crippen MR) is 65.1 cm³/mol. The fourth-order valence-electron chi connectivity index (χ4n) is 1.64. The number of hydrogen-bond donors (Lipinski definition) is 1. The Labute approximate surface area is 102 Å². The van der Waals surface area contributed by atoms with Crippen LogP contribution in [0.2, 0.25) is 0 Å². The molecule has 98 valence electrons. The zero-order valence-electron chi connectivity index (χ0n) is 10.2. The molecule has 0 amide bonds. The summed E-state index contributed by atoms with van der Waals surface area (Å²) in [4.78, 5) is 0. The maximum absolute atomic E-state index is 11.0. The second kappa shape index (κ2) is 6.02. The van der Waals surface area contributed by atoms with Crippen LogP contribution in [0, 0.1) is 5.92 Å². The third-order valence-electron chi connectivity index (χ3n) is 2.33. The lowest BCUT2D eigenvalue weighted by molar-refractivity contribution is 0.252. The molecule has 0 aromatic carbocycles. The van der Waals surface area contributed by atoms with Gasteiger partial charge in [0.25, 0.3) is 0 Å². The Balaban J connectivity index is 2.49. The number of aryl methyl sites for hydroxylation is 1. The summed E-state index contributed by atoms with van der Waals surface area (Å²) in [5.41, 5.74) is 0. The predicted octanol–water partition coefficient (Wildman–Crippen LogP) is 0.504. The number of sulfonamides is 1. The summed E-state index contributed by atoms with van der Waals surface area (Å²) < 4.78 is 29.2. The van der Waals surface area contributed by atoms with E-state index in [4.69, 9.17) is 9.88 Å². The van der Waals surface area contributed by atoms with Gasteiger partial charge < -0.3 is 4.74 Å². The molecule has 1 aromatic rings. The molecule has 1 aromatic heterocycles. The first kappa shape index (κ1) is 14.0. The number of nitrogens with zero attached hydrogens (tertiary/aromatic N) is 2. The van der Waals surface area contributed by atoms with Crippen molar-refractivity contribution in [2.24, 2.45) is 18.1 Å². The minimum absolute atomic E-state index is 0.0406. The highest BCUT2D eigenvalue weighted by Crippen LogP contribution is 2.13. The van der Waals surface area contributed by atoms with Gasteiger partial charge in [0, 0.05) is 13.0 Å². The van der Waals surface area contributed by atoms with Crippen molar-refractivity contribution in [3.63, 3.8) is 0 Å². The first-order chi connectivity index (χ1) is 7.90. The van der Waals surface area contributed by atoms with Crippen LogP contribution in [0.5, 0.6) is 5.75 Å². The first-order valence-corrected chi connectivity index (χ1v) is 7.24. The van der Waals surface area contributed by atoms with Crippen LogP contribution < -0.4 is 9.88 Å². The second-order valence-corrected chi connectivity index (χ2v) is 5.80. The number of aromatic nitrogens is 2. The number of rotatable bonds is 7. The average Bonchev–Trinajstić information content (AvgIpc) is 2.59. The summed E-state index contributed by atoms with van der Waals surface area (Å²) in [6.07, 6.45) is 5.01. The molecule has 1 unspecified atom stereocenters. The van der Waals surface area contributed by atoms with Gasteiger partial charge in [0.15, 0.2) is 5.75 Å². The van der Waals surface area contributed by atoms with E-state index in [2.05, 4.69) is 5.10 Å². The van der Waals surface area contributed by atoms with Crippen molar-refractivity contribution in [2.75, 3.05) is 12.4 Å². The number of primary sulfonamides is 1. The molecule has 1 heterocycles. The van der Waals surface area contributed by atoms with Crippen molar-refractivity contribution in [3.05, 3.63) is 12.4 Å². The summed E-state index contributed by atoms with van der Waals surface area (Å²) in [5, 5.41) is 9.00. The molecule has 0 spiro atoms. The molecule has 1 atom stereocenters. The monoisotopic (exact) mass is 261 g/mol. The van der Waals surface area contributed by atoms with Crippen molar-refractivity contribution in [3.8, 4) is 5.75 Å². The second-order valence-electron chi connectivity index (χ2n) is 4.14. The van der Waals surface area contributed by atoms with Gasteiger partial charge in [0.05, 0.1) is 24.8 Å². The summed E-state index contributed by atoms with van der Waals surface area (Å²) in [7, 11) is -1.65. The van der Waals surface area contributed by atoms with Crippen molar-refractivity contribution in [1.82, 2.24) is 9.78 Å². The smallest absolute Gasteiger partial charge is 0.209 e. The maximum atomic E-state index is 11.0. The topological polar surface area (TPSA) is 87.2 Å². The summed E-state index contributed by atoms with van der Waals surface area (Å²) in [6, 6.07) is 0. The minimum atomic E-state index is -3.45. The molecular formula is C10H19N3O3S. The number of nitrogens with two attached hydrogens (primary N) is 1. The molecular weight excluding hydrogens is 242 g/mol.